The lowest BCUT2D eigenvalue weighted by Crippen LogP contribution is -2.29. The van der Waals surface area contributed by atoms with E-state index in [1.807, 2.05) is 0 Å². The van der Waals surface area contributed by atoms with E-state index in [1.165, 1.54) is 0 Å². The molecule has 0 radical (unpaired) electrons. The highest BCUT2D eigenvalue weighted by molar-refractivity contribution is 7.89. The van der Waals surface area contributed by atoms with E-state index in [-0.39, 0.29) is 16.9 Å². The van der Waals surface area contributed by atoms with Gasteiger partial charge in [0.2, 0.25) is 10.0 Å². The first-order valence-electron chi connectivity index (χ1n) is 6.24. The maximum Gasteiger partial charge on any atom is 0.241 e. The van der Waals surface area contributed by atoms with Gasteiger partial charge < -0.3 is 5.73 Å². The Morgan fingerprint density at radius 1 is 1.37 bits per heavy atom. The topological polar surface area (TPSA) is 72.2 Å². The largest absolute Gasteiger partial charge is 0.320 e. The predicted molar refractivity (Wildman–Crippen MR) is 74.9 cm³/mol. The molecule has 0 bridgehead atoms. The second kappa shape index (κ2) is 5.33. The van der Waals surface area contributed by atoms with E-state index in [1.54, 1.807) is 24.3 Å². The van der Waals surface area contributed by atoms with Crippen LogP contribution in [0.3, 0.4) is 0 Å². The standard InChI is InChI=1S/C14H18N2O2S/c1-14(8-9-14)11-16-19(17,18)13-7-3-2-5-12(13)6-4-10-15/h2-3,5,7,16H,8-11,15H2,1H3. The van der Waals surface area contributed by atoms with Crippen molar-refractivity contribution in [3.05, 3.63) is 29.8 Å². The van der Waals surface area contributed by atoms with E-state index < -0.39 is 10.0 Å². The zero-order valence-corrected chi connectivity index (χ0v) is 11.8. The van der Waals surface area contributed by atoms with Crippen molar-refractivity contribution in [2.24, 2.45) is 11.1 Å². The van der Waals surface area contributed by atoms with Crippen LogP contribution in [0.5, 0.6) is 0 Å². The van der Waals surface area contributed by atoms with Gasteiger partial charge in [-0.2, -0.15) is 0 Å². The fraction of sp³-hybridized carbons (Fsp3) is 0.429. The molecular formula is C14H18N2O2S. The van der Waals surface area contributed by atoms with Gasteiger partial charge in [-0.3, -0.25) is 0 Å². The van der Waals surface area contributed by atoms with Crippen LogP contribution < -0.4 is 10.5 Å². The molecule has 0 amide bonds. The highest BCUT2D eigenvalue weighted by Gasteiger charge is 2.38. The van der Waals surface area contributed by atoms with Crippen molar-refractivity contribution in [2.75, 3.05) is 13.1 Å². The highest BCUT2D eigenvalue weighted by Crippen LogP contribution is 2.44. The first-order chi connectivity index (χ1) is 8.97. The van der Waals surface area contributed by atoms with E-state index >= 15 is 0 Å². The molecule has 102 valence electrons. The van der Waals surface area contributed by atoms with Crippen molar-refractivity contribution < 1.29 is 8.42 Å². The summed E-state index contributed by atoms with van der Waals surface area (Å²) in [5, 5.41) is 0. The number of sulfonamides is 1. The van der Waals surface area contributed by atoms with Crippen molar-refractivity contribution in [2.45, 2.75) is 24.7 Å². The molecule has 5 heteroatoms. The zero-order chi connectivity index (χ0) is 13.9. The van der Waals surface area contributed by atoms with Crippen LogP contribution in [0, 0.1) is 17.3 Å². The first kappa shape index (κ1) is 14.1. The number of hydrogen-bond acceptors (Lipinski definition) is 3. The minimum absolute atomic E-state index is 0.130. The van der Waals surface area contributed by atoms with Gasteiger partial charge in [-0.25, -0.2) is 13.1 Å². The van der Waals surface area contributed by atoms with Crippen LogP contribution in [0.25, 0.3) is 0 Å². The fourth-order valence-corrected chi connectivity index (χ4v) is 3.05. The second-order valence-corrected chi connectivity index (χ2v) is 6.87. The highest BCUT2D eigenvalue weighted by atomic mass is 32.2. The Hall–Kier alpha value is -1.35. The Labute approximate surface area is 114 Å². The normalized spacial score (nSPS) is 16.5. The van der Waals surface area contributed by atoms with Crippen LogP contribution in [0.2, 0.25) is 0 Å². The Bertz CT molecular complexity index is 622. The van der Waals surface area contributed by atoms with Gasteiger partial charge in [0, 0.05) is 12.1 Å². The molecule has 1 saturated carbocycles. The van der Waals surface area contributed by atoms with Crippen LogP contribution in [0.4, 0.5) is 0 Å². The monoisotopic (exact) mass is 278 g/mol. The van der Waals surface area contributed by atoms with Gasteiger partial charge in [0.25, 0.3) is 0 Å². The molecule has 0 atom stereocenters. The van der Waals surface area contributed by atoms with Gasteiger partial charge >= 0.3 is 0 Å². The van der Waals surface area contributed by atoms with Crippen LogP contribution in [0.15, 0.2) is 29.2 Å². The van der Waals surface area contributed by atoms with E-state index in [9.17, 15) is 8.42 Å². The fourth-order valence-electron chi connectivity index (χ4n) is 1.69. The minimum Gasteiger partial charge on any atom is -0.320 e. The Kier molecular flexibility index (Phi) is 3.95. The molecule has 1 aromatic carbocycles. The molecule has 3 N–H and O–H groups in total. The van der Waals surface area contributed by atoms with Crippen LogP contribution >= 0.6 is 0 Å². The maximum atomic E-state index is 12.3. The summed E-state index contributed by atoms with van der Waals surface area (Å²) in [5.74, 6) is 5.48. The average molecular weight is 278 g/mol. The van der Waals surface area contributed by atoms with Crippen molar-refractivity contribution in [3.8, 4) is 11.8 Å². The van der Waals surface area contributed by atoms with Gasteiger partial charge in [0.15, 0.2) is 0 Å². The van der Waals surface area contributed by atoms with E-state index in [0.717, 1.165) is 12.8 Å². The molecule has 0 aromatic heterocycles. The molecule has 4 nitrogen and oxygen atoms in total. The van der Waals surface area contributed by atoms with Crippen LogP contribution in [-0.2, 0) is 10.0 Å². The van der Waals surface area contributed by atoms with Gasteiger partial charge in [-0.1, -0.05) is 30.9 Å². The third-order valence-corrected chi connectivity index (χ3v) is 4.75. The number of hydrogen-bond donors (Lipinski definition) is 2. The summed E-state index contributed by atoms with van der Waals surface area (Å²) < 4.78 is 27.2. The SMILES string of the molecule is CC1(CNS(=O)(=O)c2ccccc2C#CCN)CC1. The lowest BCUT2D eigenvalue weighted by atomic mass is 10.2. The van der Waals surface area contributed by atoms with Gasteiger partial charge in [-0.05, 0) is 30.4 Å². The van der Waals surface area contributed by atoms with Gasteiger partial charge in [0.1, 0.15) is 0 Å². The summed E-state index contributed by atoms with van der Waals surface area (Å²) >= 11 is 0. The van der Waals surface area contributed by atoms with Crippen molar-refractivity contribution in [1.29, 1.82) is 0 Å². The molecule has 0 heterocycles. The van der Waals surface area contributed by atoms with Crippen molar-refractivity contribution in [3.63, 3.8) is 0 Å². The molecule has 0 saturated heterocycles. The summed E-state index contributed by atoms with van der Waals surface area (Å²) in [6.07, 6.45) is 2.15. The molecule has 1 aliphatic carbocycles. The Morgan fingerprint density at radius 2 is 2.05 bits per heavy atom. The molecule has 0 aliphatic heterocycles. The summed E-state index contributed by atoms with van der Waals surface area (Å²) in [5.41, 5.74) is 5.94. The van der Waals surface area contributed by atoms with Crippen molar-refractivity contribution >= 4 is 10.0 Å². The van der Waals surface area contributed by atoms with E-state index in [0.29, 0.717) is 12.1 Å². The Morgan fingerprint density at radius 3 is 2.68 bits per heavy atom. The lowest BCUT2D eigenvalue weighted by molar-refractivity contribution is 0.530. The molecule has 1 aliphatic rings. The number of nitrogens with two attached hydrogens (primary N) is 1. The minimum atomic E-state index is -3.51. The first-order valence-corrected chi connectivity index (χ1v) is 7.73. The van der Waals surface area contributed by atoms with Crippen LogP contribution in [0.1, 0.15) is 25.3 Å². The molecule has 2 rings (SSSR count). The van der Waals surface area contributed by atoms with Crippen molar-refractivity contribution in [1.82, 2.24) is 4.72 Å². The summed E-state index contributed by atoms with van der Waals surface area (Å²) in [6.45, 7) is 2.77. The predicted octanol–water partition coefficient (Wildman–Crippen LogP) is 1.08. The van der Waals surface area contributed by atoms with Gasteiger partial charge in [0.05, 0.1) is 11.4 Å². The summed E-state index contributed by atoms with van der Waals surface area (Å²) in [6, 6.07) is 6.72. The third-order valence-electron chi connectivity index (χ3n) is 3.29. The van der Waals surface area contributed by atoms with E-state index in [2.05, 4.69) is 23.5 Å². The summed E-state index contributed by atoms with van der Waals surface area (Å²) in [7, 11) is -3.51. The molecule has 1 aromatic rings. The Balaban J connectivity index is 2.24. The molecular weight excluding hydrogens is 260 g/mol. The van der Waals surface area contributed by atoms with Gasteiger partial charge in [-0.15, -0.1) is 0 Å². The molecule has 0 spiro atoms. The smallest absolute Gasteiger partial charge is 0.241 e. The zero-order valence-electron chi connectivity index (χ0n) is 10.9. The third kappa shape index (κ3) is 3.57. The molecule has 1 fully saturated rings. The van der Waals surface area contributed by atoms with E-state index in [4.69, 9.17) is 5.73 Å². The average Bonchev–Trinajstić information content (AvgIpc) is 3.13. The number of nitrogens with one attached hydrogen (secondary N) is 1. The van der Waals surface area contributed by atoms with Crippen LogP contribution in [-0.4, -0.2) is 21.5 Å². The quantitative estimate of drug-likeness (QED) is 0.809. The summed E-state index contributed by atoms with van der Waals surface area (Å²) in [4.78, 5) is 0.222. The number of rotatable bonds is 4. The molecule has 19 heavy (non-hydrogen) atoms. The molecule has 0 unspecified atom stereocenters. The maximum absolute atomic E-state index is 12.3. The second-order valence-electron chi connectivity index (χ2n) is 5.14. The lowest BCUT2D eigenvalue weighted by Gasteiger charge is -2.11. The number of benzene rings is 1.